The van der Waals surface area contributed by atoms with Crippen molar-refractivity contribution in [2.45, 2.75) is 45.4 Å². The Morgan fingerprint density at radius 2 is 2.06 bits per heavy atom. The topological polar surface area (TPSA) is 45.1 Å². The van der Waals surface area contributed by atoms with Crippen LogP contribution in [0.1, 0.15) is 38.8 Å². The van der Waals surface area contributed by atoms with E-state index in [-0.39, 0.29) is 24.0 Å². The molecule has 0 aliphatic carbocycles. The van der Waals surface area contributed by atoms with Gasteiger partial charge in [0.25, 0.3) is 0 Å². The van der Waals surface area contributed by atoms with Gasteiger partial charge in [-0.1, -0.05) is 0 Å². The van der Waals surface area contributed by atoms with Crippen LogP contribution >= 0.6 is 0 Å². The summed E-state index contributed by atoms with van der Waals surface area (Å²) in [4.78, 5) is 3.81. The van der Waals surface area contributed by atoms with E-state index in [4.69, 9.17) is 0 Å². The van der Waals surface area contributed by atoms with Crippen LogP contribution in [0.4, 0.5) is 4.39 Å². The zero-order valence-electron chi connectivity index (χ0n) is 9.94. The van der Waals surface area contributed by atoms with Crippen LogP contribution in [0.5, 0.6) is 0 Å². The number of aliphatic hydroxyl groups excluding tert-OH is 1. The predicted molar refractivity (Wildman–Crippen MR) is 61.5 cm³/mol. The van der Waals surface area contributed by atoms with E-state index >= 15 is 0 Å². The van der Waals surface area contributed by atoms with Gasteiger partial charge in [0.05, 0.1) is 12.3 Å². The Kier molecular flexibility index (Phi) is 4.83. The standard InChI is InChI=1S/C12H19FN2O/c1-8(4-9(2)16)15-10(3)11-5-12(13)7-14-6-11/h5-10,15-16H,4H2,1-3H3. The highest BCUT2D eigenvalue weighted by Crippen LogP contribution is 2.13. The first kappa shape index (κ1) is 13.1. The first-order chi connectivity index (χ1) is 7.49. The van der Waals surface area contributed by atoms with E-state index in [1.807, 2.05) is 13.8 Å². The molecule has 0 radical (unpaired) electrons. The van der Waals surface area contributed by atoms with Gasteiger partial charge in [0.2, 0.25) is 0 Å². The lowest BCUT2D eigenvalue weighted by atomic mass is 10.1. The van der Waals surface area contributed by atoms with Crippen LogP contribution in [-0.4, -0.2) is 22.2 Å². The highest BCUT2D eigenvalue weighted by Gasteiger charge is 2.11. The Balaban J connectivity index is 2.55. The molecule has 0 aliphatic rings. The third kappa shape index (κ3) is 4.24. The summed E-state index contributed by atoms with van der Waals surface area (Å²) in [6.45, 7) is 5.71. The third-order valence-electron chi connectivity index (χ3n) is 2.46. The van der Waals surface area contributed by atoms with Gasteiger partial charge in [-0.15, -0.1) is 0 Å². The maximum Gasteiger partial charge on any atom is 0.141 e. The van der Waals surface area contributed by atoms with Crippen molar-refractivity contribution in [3.05, 3.63) is 29.8 Å². The summed E-state index contributed by atoms with van der Waals surface area (Å²) in [5.41, 5.74) is 0.817. The molecule has 0 spiro atoms. The largest absolute Gasteiger partial charge is 0.393 e. The highest BCUT2D eigenvalue weighted by atomic mass is 19.1. The Labute approximate surface area is 95.7 Å². The molecule has 0 saturated heterocycles. The van der Waals surface area contributed by atoms with Crippen molar-refractivity contribution in [3.63, 3.8) is 0 Å². The van der Waals surface area contributed by atoms with Gasteiger partial charge in [-0.25, -0.2) is 4.39 Å². The van der Waals surface area contributed by atoms with Crippen LogP contribution in [-0.2, 0) is 0 Å². The Morgan fingerprint density at radius 1 is 1.38 bits per heavy atom. The van der Waals surface area contributed by atoms with Gasteiger partial charge >= 0.3 is 0 Å². The molecule has 1 rings (SSSR count). The van der Waals surface area contributed by atoms with Crippen molar-refractivity contribution in [1.82, 2.24) is 10.3 Å². The SMILES string of the molecule is CC(O)CC(C)NC(C)c1cncc(F)c1. The second-order valence-corrected chi connectivity index (χ2v) is 4.31. The molecule has 0 saturated carbocycles. The number of pyridine rings is 1. The monoisotopic (exact) mass is 226 g/mol. The molecule has 1 aromatic heterocycles. The Bertz CT molecular complexity index is 331. The van der Waals surface area contributed by atoms with Crippen molar-refractivity contribution >= 4 is 0 Å². The molecule has 3 atom stereocenters. The number of hydrogen-bond donors (Lipinski definition) is 2. The van der Waals surface area contributed by atoms with Gasteiger partial charge in [0.15, 0.2) is 0 Å². The lowest BCUT2D eigenvalue weighted by molar-refractivity contribution is 0.168. The first-order valence-electron chi connectivity index (χ1n) is 5.53. The lowest BCUT2D eigenvalue weighted by Gasteiger charge is -2.21. The molecule has 0 fully saturated rings. The van der Waals surface area contributed by atoms with E-state index in [1.54, 1.807) is 13.1 Å². The van der Waals surface area contributed by atoms with E-state index in [1.165, 1.54) is 12.3 Å². The molecule has 90 valence electrons. The van der Waals surface area contributed by atoms with Gasteiger partial charge in [-0.3, -0.25) is 4.98 Å². The molecule has 4 heteroatoms. The van der Waals surface area contributed by atoms with Crippen molar-refractivity contribution in [3.8, 4) is 0 Å². The average Bonchev–Trinajstić information content (AvgIpc) is 2.16. The molecule has 0 bridgehead atoms. The van der Waals surface area contributed by atoms with E-state index in [2.05, 4.69) is 10.3 Å². The van der Waals surface area contributed by atoms with Gasteiger partial charge in [-0.2, -0.15) is 0 Å². The molecular weight excluding hydrogens is 207 g/mol. The van der Waals surface area contributed by atoms with Crippen LogP contribution in [0.3, 0.4) is 0 Å². The molecule has 0 aromatic carbocycles. The van der Waals surface area contributed by atoms with Crippen molar-refractivity contribution < 1.29 is 9.50 Å². The normalized spacial score (nSPS) is 16.8. The summed E-state index contributed by atoms with van der Waals surface area (Å²) >= 11 is 0. The van der Waals surface area contributed by atoms with Crippen molar-refractivity contribution in [2.24, 2.45) is 0 Å². The van der Waals surface area contributed by atoms with Crippen LogP contribution < -0.4 is 5.32 Å². The van der Waals surface area contributed by atoms with Gasteiger partial charge in [-0.05, 0) is 38.8 Å². The second kappa shape index (κ2) is 5.92. The Morgan fingerprint density at radius 3 is 2.62 bits per heavy atom. The molecule has 16 heavy (non-hydrogen) atoms. The van der Waals surface area contributed by atoms with Crippen LogP contribution in [0.15, 0.2) is 18.5 Å². The molecule has 3 nitrogen and oxygen atoms in total. The fourth-order valence-electron chi connectivity index (χ4n) is 1.77. The van der Waals surface area contributed by atoms with Gasteiger partial charge in [0, 0.05) is 18.3 Å². The number of nitrogens with zero attached hydrogens (tertiary/aromatic N) is 1. The zero-order valence-corrected chi connectivity index (χ0v) is 9.94. The molecule has 3 unspecified atom stereocenters. The van der Waals surface area contributed by atoms with Crippen molar-refractivity contribution in [1.29, 1.82) is 0 Å². The molecule has 1 heterocycles. The minimum Gasteiger partial charge on any atom is -0.393 e. The summed E-state index contributed by atoms with van der Waals surface area (Å²) in [7, 11) is 0. The number of rotatable bonds is 5. The average molecular weight is 226 g/mol. The predicted octanol–water partition coefficient (Wildman–Crippen LogP) is 2.03. The number of hydrogen-bond acceptors (Lipinski definition) is 3. The molecular formula is C12H19FN2O. The molecule has 0 aliphatic heterocycles. The maximum absolute atomic E-state index is 12.9. The first-order valence-corrected chi connectivity index (χ1v) is 5.53. The molecule has 0 amide bonds. The summed E-state index contributed by atoms with van der Waals surface area (Å²) < 4.78 is 12.9. The maximum atomic E-state index is 12.9. The second-order valence-electron chi connectivity index (χ2n) is 4.31. The van der Waals surface area contributed by atoms with Crippen LogP contribution in [0.25, 0.3) is 0 Å². The summed E-state index contributed by atoms with van der Waals surface area (Å²) in [6.07, 6.45) is 3.18. The van der Waals surface area contributed by atoms with E-state index in [9.17, 15) is 9.50 Å². The minimum absolute atomic E-state index is 0.0250. The quantitative estimate of drug-likeness (QED) is 0.807. The van der Waals surface area contributed by atoms with Crippen LogP contribution in [0.2, 0.25) is 0 Å². The third-order valence-corrected chi connectivity index (χ3v) is 2.46. The fourth-order valence-corrected chi connectivity index (χ4v) is 1.77. The van der Waals surface area contributed by atoms with E-state index < -0.39 is 0 Å². The zero-order chi connectivity index (χ0) is 12.1. The highest BCUT2D eigenvalue weighted by molar-refractivity contribution is 5.14. The summed E-state index contributed by atoms with van der Waals surface area (Å²) in [5, 5.41) is 12.5. The van der Waals surface area contributed by atoms with Gasteiger partial charge in [0.1, 0.15) is 5.82 Å². The van der Waals surface area contributed by atoms with Crippen LogP contribution in [0, 0.1) is 5.82 Å². The van der Waals surface area contributed by atoms with Gasteiger partial charge < -0.3 is 10.4 Å². The van der Waals surface area contributed by atoms with Crippen molar-refractivity contribution in [2.75, 3.05) is 0 Å². The molecule has 2 N–H and O–H groups in total. The molecule has 1 aromatic rings. The summed E-state index contributed by atoms with van der Waals surface area (Å²) in [5.74, 6) is -0.325. The number of aliphatic hydroxyl groups is 1. The number of nitrogens with one attached hydrogen (secondary N) is 1. The number of halogens is 1. The summed E-state index contributed by atoms with van der Waals surface area (Å²) in [6, 6.07) is 1.68. The fraction of sp³-hybridized carbons (Fsp3) is 0.583. The minimum atomic E-state index is -0.333. The Hall–Kier alpha value is -1.00. The smallest absolute Gasteiger partial charge is 0.141 e. The van der Waals surface area contributed by atoms with E-state index in [0.717, 1.165) is 5.56 Å². The van der Waals surface area contributed by atoms with E-state index in [0.29, 0.717) is 6.42 Å². The lowest BCUT2D eigenvalue weighted by Crippen LogP contribution is -2.31. The number of aromatic nitrogens is 1.